The average molecular weight is 343 g/mol. The molecule has 1 aromatic rings. The second-order valence-corrected chi connectivity index (χ2v) is 8.17. The van der Waals surface area contributed by atoms with Gasteiger partial charge in [0.2, 0.25) is 11.0 Å². The number of halogens is 1. The van der Waals surface area contributed by atoms with Crippen molar-refractivity contribution in [2.24, 2.45) is 17.8 Å². The van der Waals surface area contributed by atoms with Crippen LogP contribution in [0, 0.1) is 17.8 Å². The van der Waals surface area contributed by atoms with Gasteiger partial charge in [0.15, 0.2) is 0 Å². The first kappa shape index (κ1) is 16.1. The van der Waals surface area contributed by atoms with Gasteiger partial charge in [0.1, 0.15) is 5.01 Å². The topological polar surface area (TPSA) is 66.9 Å². The fraction of sp³-hybridized carbons (Fsp3) is 0.800. The zero-order valence-corrected chi connectivity index (χ0v) is 14.4. The van der Waals surface area contributed by atoms with Crippen molar-refractivity contribution in [2.45, 2.75) is 43.9 Å². The first-order valence-corrected chi connectivity index (χ1v) is 8.77. The molecular formula is C15H23ClN4OS. The number of amides is 1. The van der Waals surface area contributed by atoms with Gasteiger partial charge in [-0.05, 0) is 63.3 Å². The second kappa shape index (κ2) is 6.06. The van der Waals surface area contributed by atoms with Crippen LogP contribution in [0.5, 0.6) is 0 Å². The first-order chi connectivity index (χ1) is 10.2. The van der Waals surface area contributed by atoms with Gasteiger partial charge in [0.05, 0.1) is 6.54 Å². The zero-order valence-electron chi connectivity index (χ0n) is 12.8. The van der Waals surface area contributed by atoms with Gasteiger partial charge in [-0.1, -0.05) is 11.3 Å². The molecule has 5 rings (SSSR count). The van der Waals surface area contributed by atoms with Crippen LogP contribution in [0.4, 0.5) is 5.13 Å². The number of likely N-dealkylation sites (N-methyl/N-ethyl adjacent to an activating group) is 1. The monoisotopic (exact) mass is 342 g/mol. The number of rotatable bonds is 4. The third kappa shape index (κ3) is 2.76. The van der Waals surface area contributed by atoms with Gasteiger partial charge >= 0.3 is 0 Å². The molecule has 4 bridgehead atoms. The van der Waals surface area contributed by atoms with Crippen molar-refractivity contribution in [3.05, 3.63) is 5.01 Å². The standard InChI is InChI=1S/C15H22N4OS.ClH/c1-16-8-12(20)17-14-19-18-13(21-14)15-5-9-2-10(6-15)4-11(3-9)7-15;/h9-11,16H,2-8H2,1H3,(H,17,19,20);1H. The highest BCUT2D eigenvalue weighted by Crippen LogP contribution is 2.61. The smallest absolute Gasteiger partial charge is 0.240 e. The van der Waals surface area contributed by atoms with E-state index in [4.69, 9.17) is 0 Å². The lowest BCUT2D eigenvalue weighted by Gasteiger charge is -2.55. The van der Waals surface area contributed by atoms with Crippen molar-refractivity contribution >= 4 is 34.8 Å². The lowest BCUT2D eigenvalue weighted by molar-refractivity contribution is -0.115. The van der Waals surface area contributed by atoms with Crippen molar-refractivity contribution in [1.82, 2.24) is 15.5 Å². The lowest BCUT2D eigenvalue weighted by Crippen LogP contribution is -2.48. The van der Waals surface area contributed by atoms with E-state index in [0.29, 0.717) is 11.7 Å². The van der Waals surface area contributed by atoms with E-state index >= 15 is 0 Å². The minimum atomic E-state index is -0.0503. The number of nitrogens with one attached hydrogen (secondary N) is 2. The number of nitrogens with zero attached hydrogens (tertiary/aromatic N) is 2. The molecule has 1 heterocycles. The quantitative estimate of drug-likeness (QED) is 0.882. The molecule has 22 heavy (non-hydrogen) atoms. The fourth-order valence-electron chi connectivity index (χ4n) is 5.18. The Labute approximate surface area is 141 Å². The predicted molar refractivity (Wildman–Crippen MR) is 89.6 cm³/mol. The molecule has 5 nitrogen and oxygen atoms in total. The van der Waals surface area contributed by atoms with Crippen LogP contribution in [0.1, 0.15) is 43.5 Å². The molecule has 0 saturated heterocycles. The van der Waals surface area contributed by atoms with E-state index in [-0.39, 0.29) is 23.7 Å². The van der Waals surface area contributed by atoms with Gasteiger partial charge in [0, 0.05) is 5.41 Å². The predicted octanol–water partition coefficient (Wildman–Crippen LogP) is 2.59. The molecular weight excluding hydrogens is 320 g/mol. The normalized spacial score (nSPS) is 35.2. The second-order valence-electron chi connectivity index (χ2n) is 7.19. The molecule has 122 valence electrons. The third-order valence-electron chi connectivity index (χ3n) is 5.50. The summed E-state index contributed by atoms with van der Waals surface area (Å²) in [5.74, 6) is 2.66. The Kier molecular flexibility index (Phi) is 4.45. The Morgan fingerprint density at radius 1 is 1.18 bits per heavy atom. The summed E-state index contributed by atoms with van der Waals surface area (Å²) in [5.41, 5.74) is 0.276. The van der Waals surface area contributed by atoms with E-state index in [1.807, 2.05) is 0 Å². The molecule has 0 radical (unpaired) electrons. The molecule has 1 aromatic heterocycles. The van der Waals surface area contributed by atoms with E-state index in [9.17, 15) is 4.79 Å². The molecule has 0 aliphatic heterocycles. The van der Waals surface area contributed by atoms with Crippen LogP contribution in [-0.2, 0) is 10.2 Å². The summed E-state index contributed by atoms with van der Waals surface area (Å²) >= 11 is 1.59. The minimum absolute atomic E-state index is 0. The van der Waals surface area contributed by atoms with E-state index in [1.54, 1.807) is 18.4 Å². The van der Waals surface area contributed by atoms with E-state index in [1.165, 1.54) is 43.5 Å². The summed E-state index contributed by atoms with van der Waals surface area (Å²) in [6.07, 6.45) is 8.17. The number of hydrogen-bond donors (Lipinski definition) is 2. The van der Waals surface area contributed by atoms with Gasteiger partial charge in [-0.2, -0.15) is 0 Å². The number of carbonyl (C=O) groups is 1. The summed E-state index contributed by atoms with van der Waals surface area (Å²) < 4.78 is 0. The SMILES string of the molecule is CNCC(=O)Nc1nnc(C23CC4CC(CC(C4)C2)C3)s1.Cl. The van der Waals surface area contributed by atoms with Crippen molar-refractivity contribution < 1.29 is 4.79 Å². The number of aromatic nitrogens is 2. The summed E-state index contributed by atoms with van der Waals surface area (Å²) in [5, 5.41) is 16.2. The van der Waals surface area contributed by atoms with Crippen molar-refractivity contribution in [2.75, 3.05) is 18.9 Å². The lowest BCUT2D eigenvalue weighted by atomic mass is 9.50. The van der Waals surface area contributed by atoms with Crippen LogP contribution in [0.2, 0.25) is 0 Å². The summed E-state index contributed by atoms with van der Waals surface area (Å²) in [4.78, 5) is 11.6. The van der Waals surface area contributed by atoms with Gasteiger partial charge < -0.3 is 5.32 Å². The maximum atomic E-state index is 11.6. The average Bonchev–Trinajstić information content (AvgIpc) is 2.86. The maximum Gasteiger partial charge on any atom is 0.240 e. The number of carbonyl (C=O) groups excluding carboxylic acids is 1. The van der Waals surface area contributed by atoms with E-state index in [0.717, 1.165) is 17.8 Å². The van der Waals surface area contributed by atoms with Gasteiger partial charge in [-0.3, -0.25) is 10.1 Å². The first-order valence-electron chi connectivity index (χ1n) is 7.95. The molecule has 0 unspecified atom stereocenters. The molecule has 0 atom stereocenters. The minimum Gasteiger partial charge on any atom is -0.311 e. The molecule has 0 spiro atoms. The Balaban J connectivity index is 0.00000144. The maximum absolute atomic E-state index is 11.6. The van der Waals surface area contributed by atoms with Crippen LogP contribution in [0.3, 0.4) is 0 Å². The number of anilines is 1. The Hall–Kier alpha value is -0.720. The van der Waals surface area contributed by atoms with Gasteiger partial charge in [-0.25, -0.2) is 0 Å². The van der Waals surface area contributed by atoms with E-state index < -0.39 is 0 Å². The van der Waals surface area contributed by atoms with Gasteiger partial charge in [-0.15, -0.1) is 22.6 Å². The molecule has 7 heteroatoms. The molecule has 4 fully saturated rings. The van der Waals surface area contributed by atoms with Crippen LogP contribution in [-0.4, -0.2) is 29.7 Å². The molecule has 1 amide bonds. The van der Waals surface area contributed by atoms with Crippen molar-refractivity contribution in [1.29, 1.82) is 0 Å². The number of hydrogen-bond acceptors (Lipinski definition) is 5. The Morgan fingerprint density at radius 3 is 2.32 bits per heavy atom. The zero-order chi connectivity index (χ0) is 14.4. The third-order valence-corrected chi connectivity index (χ3v) is 6.59. The van der Waals surface area contributed by atoms with Crippen molar-refractivity contribution in [3.8, 4) is 0 Å². The highest BCUT2D eigenvalue weighted by molar-refractivity contribution is 7.15. The van der Waals surface area contributed by atoms with E-state index in [2.05, 4.69) is 20.8 Å². The molecule has 2 N–H and O–H groups in total. The summed E-state index contributed by atoms with van der Waals surface area (Å²) in [7, 11) is 1.76. The van der Waals surface area contributed by atoms with Crippen LogP contribution >= 0.6 is 23.7 Å². The summed E-state index contributed by atoms with van der Waals surface area (Å²) in [6.45, 7) is 0.312. The Morgan fingerprint density at radius 2 is 1.77 bits per heavy atom. The summed E-state index contributed by atoms with van der Waals surface area (Å²) in [6, 6.07) is 0. The van der Waals surface area contributed by atoms with Crippen LogP contribution in [0.25, 0.3) is 0 Å². The molecule has 4 aliphatic carbocycles. The molecule has 4 saturated carbocycles. The molecule has 4 aliphatic rings. The Bertz CT molecular complexity index is 526. The largest absolute Gasteiger partial charge is 0.311 e. The van der Waals surface area contributed by atoms with Crippen LogP contribution in [0.15, 0.2) is 0 Å². The van der Waals surface area contributed by atoms with Crippen LogP contribution < -0.4 is 10.6 Å². The highest BCUT2D eigenvalue weighted by Gasteiger charge is 2.53. The molecule has 0 aromatic carbocycles. The fourth-order valence-corrected chi connectivity index (χ4v) is 6.16. The highest BCUT2D eigenvalue weighted by atomic mass is 35.5. The van der Waals surface area contributed by atoms with Gasteiger partial charge in [0.25, 0.3) is 0 Å². The van der Waals surface area contributed by atoms with Crippen molar-refractivity contribution in [3.63, 3.8) is 0 Å².